The van der Waals surface area contributed by atoms with Gasteiger partial charge >= 0.3 is 0 Å². The minimum atomic E-state index is 0.676. The summed E-state index contributed by atoms with van der Waals surface area (Å²) in [4.78, 5) is 8.90. The van der Waals surface area contributed by atoms with Crippen LogP contribution in [0.5, 0.6) is 0 Å². The van der Waals surface area contributed by atoms with Crippen molar-refractivity contribution in [1.82, 2.24) is 20.4 Å². The van der Waals surface area contributed by atoms with Gasteiger partial charge in [-0.05, 0) is 45.2 Å². The zero-order valence-electron chi connectivity index (χ0n) is 11.8. The third kappa shape index (κ3) is 3.64. The predicted molar refractivity (Wildman–Crippen MR) is 77.9 cm³/mol. The van der Waals surface area contributed by atoms with Crippen molar-refractivity contribution >= 4 is 11.3 Å². The van der Waals surface area contributed by atoms with Gasteiger partial charge in [0.15, 0.2) is 5.82 Å². The molecule has 0 amide bonds. The Kier molecular flexibility index (Phi) is 4.42. The summed E-state index contributed by atoms with van der Waals surface area (Å²) in [5.74, 6) is 2.32. The monoisotopic (exact) mass is 292 g/mol. The fourth-order valence-electron chi connectivity index (χ4n) is 2.58. The number of nitrogens with one attached hydrogen (secondary N) is 1. The quantitative estimate of drug-likeness (QED) is 0.916. The Labute approximate surface area is 122 Å². The topological polar surface area (TPSA) is 63.8 Å². The summed E-state index contributed by atoms with van der Waals surface area (Å²) in [5, 5.41) is 10.5. The second kappa shape index (κ2) is 6.45. The molecule has 0 unspecified atom stereocenters. The first-order valence-corrected chi connectivity index (χ1v) is 8.11. The number of aryl methyl sites for hydroxylation is 2. The molecule has 1 fully saturated rings. The van der Waals surface area contributed by atoms with Crippen LogP contribution in [0.25, 0.3) is 0 Å². The molecule has 3 rings (SSSR count). The molecule has 6 heteroatoms. The summed E-state index contributed by atoms with van der Waals surface area (Å²) >= 11 is 1.65. The van der Waals surface area contributed by atoms with Gasteiger partial charge in [-0.1, -0.05) is 5.16 Å². The molecule has 0 spiro atoms. The molecule has 2 aromatic heterocycles. The predicted octanol–water partition coefficient (Wildman–Crippen LogP) is 2.36. The van der Waals surface area contributed by atoms with Crippen molar-refractivity contribution in [2.45, 2.75) is 39.0 Å². The number of hydrogen-bond donors (Lipinski definition) is 1. The van der Waals surface area contributed by atoms with E-state index < -0.39 is 0 Å². The third-order valence-electron chi connectivity index (χ3n) is 3.71. The van der Waals surface area contributed by atoms with E-state index in [4.69, 9.17) is 4.52 Å². The Morgan fingerprint density at radius 1 is 1.35 bits per heavy atom. The molecule has 1 saturated heterocycles. The van der Waals surface area contributed by atoms with Crippen molar-refractivity contribution in [3.8, 4) is 0 Å². The molecule has 2 aromatic rings. The summed E-state index contributed by atoms with van der Waals surface area (Å²) in [7, 11) is 0. The van der Waals surface area contributed by atoms with Gasteiger partial charge in [0.05, 0.1) is 6.42 Å². The van der Waals surface area contributed by atoms with E-state index in [2.05, 4.69) is 20.4 Å². The van der Waals surface area contributed by atoms with Crippen LogP contribution in [0.1, 0.15) is 41.7 Å². The molecule has 0 aromatic carbocycles. The van der Waals surface area contributed by atoms with Crippen LogP contribution in [0.4, 0.5) is 0 Å². The molecular formula is C14H20N4OS. The molecule has 0 radical (unpaired) electrons. The van der Waals surface area contributed by atoms with E-state index in [0.29, 0.717) is 6.42 Å². The van der Waals surface area contributed by atoms with Gasteiger partial charge < -0.3 is 9.84 Å². The maximum Gasteiger partial charge on any atom is 0.226 e. The molecule has 5 nitrogen and oxygen atoms in total. The maximum absolute atomic E-state index is 5.33. The van der Waals surface area contributed by atoms with Crippen molar-refractivity contribution in [1.29, 1.82) is 0 Å². The van der Waals surface area contributed by atoms with Crippen LogP contribution < -0.4 is 5.32 Å². The van der Waals surface area contributed by atoms with Gasteiger partial charge in [-0.15, -0.1) is 11.3 Å². The number of rotatable bonds is 5. The van der Waals surface area contributed by atoms with Gasteiger partial charge in [0.1, 0.15) is 5.01 Å². The van der Waals surface area contributed by atoms with Crippen LogP contribution in [0, 0.1) is 12.8 Å². The average Bonchev–Trinajstić information content (AvgIpc) is 3.08. The van der Waals surface area contributed by atoms with Crippen molar-refractivity contribution < 1.29 is 4.52 Å². The number of aromatic nitrogens is 3. The van der Waals surface area contributed by atoms with Crippen LogP contribution in [-0.4, -0.2) is 28.2 Å². The summed E-state index contributed by atoms with van der Waals surface area (Å²) < 4.78 is 5.33. The van der Waals surface area contributed by atoms with Crippen LogP contribution >= 0.6 is 11.3 Å². The zero-order valence-corrected chi connectivity index (χ0v) is 12.6. The first-order valence-electron chi connectivity index (χ1n) is 7.23. The fourth-order valence-corrected chi connectivity index (χ4v) is 3.35. The molecule has 0 atom stereocenters. The van der Waals surface area contributed by atoms with Gasteiger partial charge in [-0.2, -0.15) is 4.98 Å². The first-order chi connectivity index (χ1) is 9.79. The second-order valence-corrected chi connectivity index (χ2v) is 6.34. The molecule has 1 aliphatic heterocycles. The SMILES string of the molecule is Cc1csc(Cc2noc(CCC3CCNCC3)n2)n1. The minimum absolute atomic E-state index is 0.676. The van der Waals surface area contributed by atoms with E-state index in [1.54, 1.807) is 11.3 Å². The smallest absolute Gasteiger partial charge is 0.226 e. The summed E-state index contributed by atoms with van der Waals surface area (Å²) in [6, 6.07) is 0. The third-order valence-corrected chi connectivity index (χ3v) is 4.68. The van der Waals surface area contributed by atoms with E-state index >= 15 is 0 Å². The zero-order chi connectivity index (χ0) is 13.8. The van der Waals surface area contributed by atoms with E-state index in [1.165, 1.54) is 12.8 Å². The normalized spacial score (nSPS) is 16.6. The standard InChI is InChI=1S/C14H20N4OS/c1-10-9-20-14(16-10)8-12-17-13(19-18-12)3-2-11-4-6-15-7-5-11/h9,11,15H,2-8H2,1H3. The number of nitrogens with zero attached hydrogens (tertiary/aromatic N) is 3. The second-order valence-electron chi connectivity index (χ2n) is 5.40. The van der Waals surface area contributed by atoms with Crippen LogP contribution in [-0.2, 0) is 12.8 Å². The van der Waals surface area contributed by atoms with Crippen molar-refractivity contribution in [3.05, 3.63) is 27.8 Å². The van der Waals surface area contributed by atoms with Gasteiger partial charge in [-0.3, -0.25) is 0 Å². The lowest BCUT2D eigenvalue weighted by molar-refractivity contribution is 0.323. The van der Waals surface area contributed by atoms with Gasteiger partial charge in [0.2, 0.25) is 5.89 Å². The van der Waals surface area contributed by atoms with E-state index in [0.717, 1.165) is 54.3 Å². The average molecular weight is 292 g/mol. The van der Waals surface area contributed by atoms with Crippen molar-refractivity contribution in [2.24, 2.45) is 5.92 Å². The highest BCUT2D eigenvalue weighted by Gasteiger charge is 2.15. The first kappa shape index (κ1) is 13.7. The molecule has 0 saturated carbocycles. The number of thiazole rings is 1. The van der Waals surface area contributed by atoms with Gasteiger partial charge in [0, 0.05) is 17.5 Å². The van der Waals surface area contributed by atoms with E-state index in [9.17, 15) is 0 Å². The molecule has 3 heterocycles. The Balaban J connectivity index is 1.51. The highest BCUT2D eigenvalue weighted by atomic mass is 32.1. The molecule has 1 N–H and O–H groups in total. The Morgan fingerprint density at radius 3 is 2.95 bits per heavy atom. The molecule has 0 aliphatic carbocycles. The highest BCUT2D eigenvalue weighted by molar-refractivity contribution is 7.09. The molecule has 108 valence electrons. The van der Waals surface area contributed by atoms with Crippen LogP contribution in [0.3, 0.4) is 0 Å². The lowest BCUT2D eigenvalue weighted by Gasteiger charge is -2.21. The molecule has 0 bridgehead atoms. The number of hydrogen-bond acceptors (Lipinski definition) is 6. The molecule has 20 heavy (non-hydrogen) atoms. The Hall–Kier alpha value is -1.27. The summed E-state index contributed by atoms with van der Waals surface area (Å²) in [6.45, 7) is 4.28. The van der Waals surface area contributed by atoms with E-state index in [1.807, 2.05) is 12.3 Å². The van der Waals surface area contributed by atoms with Gasteiger partial charge in [0.25, 0.3) is 0 Å². The highest BCUT2D eigenvalue weighted by Crippen LogP contribution is 2.18. The summed E-state index contributed by atoms with van der Waals surface area (Å²) in [6.07, 6.45) is 5.25. The molecule has 1 aliphatic rings. The van der Waals surface area contributed by atoms with Crippen LogP contribution in [0.15, 0.2) is 9.90 Å². The van der Waals surface area contributed by atoms with E-state index in [-0.39, 0.29) is 0 Å². The van der Waals surface area contributed by atoms with Gasteiger partial charge in [-0.25, -0.2) is 4.98 Å². The molecular weight excluding hydrogens is 272 g/mol. The fraction of sp³-hybridized carbons (Fsp3) is 0.643. The minimum Gasteiger partial charge on any atom is -0.339 e. The lowest BCUT2D eigenvalue weighted by Crippen LogP contribution is -2.27. The van der Waals surface area contributed by atoms with Crippen molar-refractivity contribution in [2.75, 3.05) is 13.1 Å². The Morgan fingerprint density at radius 2 is 2.20 bits per heavy atom. The number of piperidine rings is 1. The van der Waals surface area contributed by atoms with Crippen molar-refractivity contribution in [3.63, 3.8) is 0 Å². The lowest BCUT2D eigenvalue weighted by atomic mass is 9.93. The Bertz CT molecular complexity index is 545. The maximum atomic E-state index is 5.33. The van der Waals surface area contributed by atoms with Crippen LogP contribution in [0.2, 0.25) is 0 Å². The largest absolute Gasteiger partial charge is 0.339 e. The summed E-state index contributed by atoms with van der Waals surface area (Å²) in [5.41, 5.74) is 1.06.